The highest BCUT2D eigenvalue weighted by Crippen LogP contribution is 2.50. The molecule has 0 spiro atoms. The summed E-state index contributed by atoms with van der Waals surface area (Å²) in [6.45, 7) is -1.32. The van der Waals surface area contributed by atoms with E-state index in [0.29, 0.717) is 6.42 Å². The number of hydrogen-bond donors (Lipinski definition) is 0. The average Bonchev–Trinajstić information content (AvgIpc) is 3.04. The van der Waals surface area contributed by atoms with Crippen molar-refractivity contribution in [1.29, 1.82) is 0 Å². The van der Waals surface area contributed by atoms with Crippen molar-refractivity contribution in [3.05, 3.63) is 0 Å². The number of alkyl halides is 2. The van der Waals surface area contributed by atoms with Crippen LogP contribution in [0.25, 0.3) is 0 Å². The second-order valence-corrected chi connectivity index (χ2v) is 5.77. The molecule has 0 N–H and O–H groups in total. The molecular formula is C10H9F2O8S-. The minimum absolute atomic E-state index is 0.352. The number of hydrogen-bond acceptors (Lipinski definition) is 9. The van der Waals surface area contributed by atoms with Gasteiger partial charge in [-0.05, 0) is 0 Å². The number of carbonyl (C=O) groups excluding carboxylic acids is 2. The van der Waals surface area contributed by atoms with E-state index in [1.165, 1.54) is 0 Å². The number of ether oxygens (including phenoxy) is 3. The molecule has 0 amide bonds. The number of fused-ring (bicyclic) bond motifs is 1. The van der Waals surface area contributed by atoms with E-state index in [9.17, 15) is 23.6 Å². The number of rotatable bonds is 6. The minimum atomic E-state index is -3.66. The Morgan fingerprint density at radius 2 is 2.24 bits per heavy atom. The Hall–Kier alpha value is -1.01. The molecule has 0 radical (unpaired) electrons. The molecule has 3 heterocycles. The maximum atomic E-state index is 13.1. The Kier molecular flexibility index (Phi) is 3.78. The lowest BCUT2D eigenvalue weighted by molar-refractivity contribution is -0.777. The van der Waals surface area contributed by atoms with Gasteiger partial charge in [-0.1, -0.05) is 0 Å². The smallest absolute Gasteiger partial charge is 0.354 e. The highest BCUT2D eigenvalue weighted by atomic mass is 32.2. The fraction of sp³-hybridized carbons (Fsp3) is 0.800. The molecule has 0 aliphatic carbocycles. The fourth-order valence-electron chi connectivity index (χ4n) is 2.95. The van der Waals surface area contributed by atoms with Gasteiger partial charge in [0.15, 0.2) is 6.61 Å². The zero-order valence-corrected chi connectivity index (χ0v) is 11.0. The molecular weight excluding hydrogens is 318 g/mol. The van der Waals surface area contributed by atoms with E-state index < -0.39 is 59.9 Å². The van der Waals surface area contributed by atoms with Crippen LogP contribution in [0, 0.1) is 11.8 Å². The van der Waals surface area contributed by atoms with Crippen molar-refractivity contribution in [2.45, 2.75) is 30.0 Å². The fourth-order valence-corrected chi connectivity index (χ4v) is 3.19. The van der Waals surface area contributed by atoms with Crippen molar-refractivity contribution in [1.82, 2.24) is 0 Å². The van der Waals surface area contributed by atoms with Gasteiger partial charge >= 0.3 is 17.2 Å². The van der Waals surface area contributed by atoms with E-state index in [0.717, 1.165) is 0 Å². The number of carbonyl (C=O) groups is 2. The zero-order chi connectivity index (χ0) is 15.2. The average molecular weight is 327 g/mol. The lowest BCUT2D eigenvalue weighted by atomic mass is 9.80. The van der Waals surface area contributed by atoms with Crippen LogP contribution in [-0.2, 0) is 33.2 Å². The molecule has 0 aromatic rings. The highest BCUT2D eigenvalue weighted by molar-refractivity contribution is 7.95. The quantitative estimate of drug-likeness (QED) is 0.272. The summed E-state index contributed by atoms with van der Waals surface area (Å²) in [6, 6.07) is 0. The van der Waals surface area contributed by atoms with Gasteiger partial charge in [0.1, 0.15) is 30.2 Å². The largest absolute Gasteiger partial charge is 0.691 e. The van der Waals surface area contributed by atoms with Crippen molar-refractivity contribution >= 4 is 24.0 Å². The first-order valence-corrected chi connectivity index (χ1v) is 6.72. The molecule has 3 aliphatic heterocycles. The van der Waals surface area contributed by atoms with E-state index in [4.69, 9.17) is 9.47 Å². The highest BCUT2D eigenvalue weighted by Gasteiger charge is 2.66. The Morgan fingerprint density at radius 1 is 1.48 bits per heavy atom. The third kappa shape index (κ3) is 2.59. The van der Waals surface area contributed by atoms with Crippen molar-refractivity contribution in [2.24, 2.45) is 11.8 Å². The van der Waals surface area contributed by atoms with Gasteiger partial charge in [0.25, 0.3) is 0 Å². The Balaban J connectivity index is 1.58. The summed E-state index contributed by atoms with van der Waals surface area (Å²) in [5, 5.41) is 8.62. The van der Waals surface area contributed by atoms with Crippen LogP contribution in [0.2, 0.25) is 0 Å². The van der Waals surface area contributed by atoms with Gasteiger partial charge < -0.3 is 19.5 Å². The third-order valence-electron chi connectivity index (χ3n) is 3.68. The molecule has 3 saturated heterocycles. The van der Waals surface area contributed by atoms with Gasteiger partial charge in [-0.2, -0.15) is 13.1 Å². The molecule has 3 aliphatic rings. The van der Waals surface area contributed by atoms with Crippen LogP contribution >= 0.6 is 12.0 Å². The molecule has 0 aromatic heterocycles. The maximum Gasteiger partial charge on any atom is 0.354 e. The summed E-state index contributed by atoms with van der Waals surface area (Å²) in [5.41, 5.74) is 0. The van der Waals surface area contributed by atoms with Gasteiger partial charge in [-0.15, -0.1) is 0 Å². The normalized spacial score (nSPS) is 36.9. The zero-order valence-electron chi connectivity index (χ0n) is 10.2. The molecule has 5 unspecified atom stereocenters. The van der Waals surface area contributed by atoms with Crippen LogP contribution < -0.4 is 5.26 Å². The molecule has 0 saturated carbocycles. The SMILES string of the molecule is O=C(OCC(F)(F)SOO[O-])C1C2CC3OC(=O)C1C3O2. The van der Waals surface area contributed by atoms with Crippen molar-refractivity contribution in [3.63, 3.8) is 0 Å². The molecule has 0 aromatic carbocycles. The third-order valence-corrected chi connectivity index (χ3v) is 4.17. The molecule has 11 heteroatoms. The van der Waals surface area contributed by atoms with E-state index >= 15 is 0 Å². The van der Waals surface area contributed by atoms with Crippen molar-refractivity contribution in [3.8, 4) is 0 Å². The molecule has 2 bridgehead atoms. The minimum Gasteiger partial charge on any atom is -0.691 e. The molecule has 3 rings (SSSR count). The predicted molar refractivity (Wildman–Crippen MR) is 55.8 cm³/mol. The van der Waals surface area contributed by atoms with Gasteiger partial charge in [-0.3, -0.25) is 14.6 Å². The second-order valence-electron chi connectivity index (χ2n) is 4.87. The van der Waals surface area contributed by atoms with Crippen LogP contribution in [0.5, 0.6) is 0 Å². The van der Waals surface area contributed by atoms with E-state index in [1.807, 2.05) is 0 Å². The summed E-state index contributed by atoms with van der Waals surface area (Å²) in [6.07, 6.45) is -1.08. The summed E-state index contributed by atoms with van der Waals surface area (Å²) in [7, 11) is 0. The topological polar surface area (TPSA) is 103 Å². The maximum absolute atomic E-state index is 13.1. The molecule has 3 fully saturated rings. The van der Waals surface area contributed by atoms with E-state index in [-0.39, 0.29) is 6.10 Å². The molecule has 118 valence electrons. The van der Waals surface area contributed by atoms with Crippen LogP contribution in [-0.4, -0.2) is 42.1 Å². The summed E-state index contributed by atoms with van der Waals surface area (Å²) >= 11 is -0.574. The summed E-state index contributed by atoms with van der Waals surface area (Å²) in [5.74, 6) is -3.29. The van der Waals surface area contributed by atoms with Crippen LogP contribution in [0.1, 0.15) is 6.42 Å². The van der Waals surface area contributed by atoms with Crippen molar-refractivity contribution in [2.75, 3.05) is 6.61 Å². The predicted octanol–water partition coefficient (Wildman–Crippen LogP) is -0.677. The van der Waals surface area contributed by atoms with Gasteiger partial charge in [0.2, 0.25) is 0 Å². The molecule has 21 heavy (non-hydrogen) atoms. The van der Waals surface area contributed by atoms with Crippen molar-refractivity contribution < 1.29 is 47.2 Å². The van der Waals surface area contributed by atoms with Gasteiger partial charge in [0.05, 0.1) is 12.0 Å². The Morgan fingerprint density at radius 3 is 2.95 bits per heavy atom. The monoisotopic (exact) mass is 327 g/mol. The Labute approximate surface area is 120 Å². The summed E-state index contributed by atoms with van der Waals surface area (Å²) in [4.78, 5) is 23.5. The molecule has 8 nitrogen and oxygen atoms in total. The second kappa shape index (κ2) is 5.32. The van der Waals surface area contributed by atoms with E-state index in [2.05, 4.69) is 14.1 Å². The lowest BCUT2D eigenvalue weighted by Crippen LogP contribution is -2.38. The first kappa shape index (κ1) is 14.9. The lowest BCUT2D eigenvalue weighted by Gasteiger charge is -2.21. The summed E-state index contributed by atoms with van der Waals surface area (Å²) < 4.78 is 44.7. The number of esters is 2. The van der Waals surface area contributed by atoms with Gasteiger partial charge in [-0.25, -0.2) is 0 Å². The number of halogens is 2. The van der Waals surface area contributed by atoms with Gasteiger partial charge in [0, 0.05) is 6.42 Å². The van der Waals surface area contributed by atoms with Crippen LogP contribution in [0.15, 0.2) is 0 Å². The Bertz CT molecular complexity index is 458. The first-order valence-electron chi connectivity index (χ1n) is 5.98. The first-order chi connectivity index (χ1) is 9.93. The van der Waals surface area contributed by atoms with Crippen LogP contribution in [0.3, 0.4) is 0 Å². The standard InChI is InChI=1S/C10H10F2O8S/c11-10(12,21-20-19-15)2-16-8(13)5-3-1-4-7(17-3)6(5)9(14)18-4/h3-7,15H,1-2H2/p-1. The van der Waals surface area contributed by atoms with Crippen LogP contribution in [0.4, 0.5) is 8.78 Å². The van der Waals surface area contributed by atoms with E-state index in [1.54, 1.807) is 0 Å². The molecule has 5 atom stereocenters.